The largest absolute Gasteiger partial charge is 0.481 e. The molecular weight excluding hydrogens is 396 g/mol. The number of carbonyl (C=O) groups is 5. The lowest BCUT2D eigenvalue weighted by Gasteiger charge is -2.27. The van der Waals surface area contributed by atoms with E-state index in [0.717, 1.165) is 4.90 Å². The fourth-order valence-corrected chi connectivity index (χ4v) is 3.47. The maximum absolute atomic E-state index is 12.9. The van der Waals surface area contributed by atoms with Gasteiger partial charge in [0.25, 0.3) is 11.8 Å². The monoisotopic (exact) mass is 414 g/mol. The van der Waals surface area contributed by atoms with Crippen molar-refractivity contribution in [1.82, 2.24) is 10.2 Å². The van der Waals surface area contributed by atoms with Gasteiger partial charge in [0, 0.05) is 36.7 Å². The first-order valence-corrected chi connectivity index (χ1v) is 9.16. The van der Waals surface area contributed by atoms with Gasteiger partial charge in [0.2, 0.25) is 11.8 Å². The summed E-state index contributed by atoms with van der Waals surface area (Å²) in [6, 6.07) is 3.40. The van der Waals surface area contributed by atoms with Crippen molar-refractivity contribution < 1.29 is 29.1 Å². The van der Waals surface area contributed by atoms with Crippen LogP contribution in [0.2, 0.25) is 0 Å². The molecule has 1 saturated heterocycles. The molecule has 0 aliphatic carbocycles. The second-order valence-electron chi connectivity index (χ2n) is 6.76. The number of carboxylic acid groups (broad SMARTS) is 1. The summed E-state index contributed by atoms with van der Waals surface area (Å²) < 4.78 is 0. The smallest absolute Gasteiger partial charge is 0.305 e. The van der Waals surface area contributed by atoms with E-state index in [1.54, 1.807) is 11.0 Å². The van der Waals surface area contributed by atoms with Crippen molar-refractivity contribution in [1.29, 1.82) is 0 Å². The molecule has 1 atom stereocenters. The van der Waals surface area contributed by atoms with Gasteiger partial charge >= 0.3 is 5.97 Å². The molecule has 12 heteroatoms. The number of hydrogen-bond acceptors (Lipinski definition) is 7. The van der Waals surface area contributed by atoms with Crippen molar-refractivity contribution in [2.24, 2.45) is 5.11 Å². The van der Waals surface area contributed by atoms with Gasteiger partial charge in [0.15, 0.2) is 0 Å². The number of nitrogens with zero attached hydrogens (tertiary/aromatic N) is 5. The van der Waals surface area contributed by atoms with Crippen molar-refractivity contribution in [3.8, 4) is 0 Å². The van der Waals surface area contributed by atoms with Crippen molar-refractivity contribution in [2.45, 2.75) is 25.3 Å². The van der Waals surface area contributed by atoms with Gasteiger partial charge in [-0.15, -0.1) is 0 Å². The zero-order valence-corrected chi connectivity index (χ0v) is 15.8. The van der Waals surface area contributed by atoms with E-state index < -0.39 is 35.6 Å². The van der Waals surface area contributed by atoms with Crippen LogP contribution in [0.15, 0.2) is 23.3 Å². The number of amides is 4. The fraction of sp³-hybridized carbons (Fsp3) is 0.389. The molecule has 3 rings (SSSR count). The molecule has 156 valence electrons. The van der Waals surface area contributed by atoms with Crippen LogP contribution in [0.25, 0.3) is 10.4 Å². The Kier molecular flexibility index (Phi) is 5.98. The number of hydrogen-bond donors (Lipinski definition) is 2. The SMILES string of the molecule is [N-]=[N+]=NCCN(CCC(=O)O)c1ccc2c(c1)C(=O)N(C1CCC(=O)NC1=O)C2=O. The second-order valence-corrected chi connectivity index (χ2v) is 6.76. The lowest BCUT2D eigenvalue weighted by molar-refractivity contribution is -0.137. The van der Waals surface area contributed by atoms with Gasteiger partial charge in [0.05, 0.1) is 17.5 Å². The number of carbonyl (C=O) groups excluding carboxylic acids is 4. The van der Waals surface area contributed by atoms with Crippen molar-refractivity contribution in [3.63, 3.8) is 0 Å². The van der Waals surface area contributed by atoms with E-state index in [1.807, 2.05) is 0 Å². The zero-order valence-electron chi connectivity index (χ0n) is 15.8. The molecule has 2 aliphatic rings. The minimum Gasteiger partial charge on any atom is -0.481 e. The Labute approximate surface area is 170 Å². The standard InChI is InChI=1S/C18H18N6O6/c19-22-20-6-8-23(7-5-15(26)27)10-1-2-11-12(9-10)18(30)24(17(11)29)13-3-4-14(25)21-16(13)28/h1-2,9,13H,3-8H2,(H,26,27)(H,21,25,28). The van der Waals surface area contributed by atoms with E-state index in [9.17, 15) is 24.0 Å². The number of benzene rings is 1. The number of rotatable bonds is 8. The van der Waals surface area contributed by atoms with E-state index >= 15 is 0 Å². The highest BCUT2D eigenvalue weighted by Crippen LogP contribution is 2.30. The molecule has 2 heterocycles. The molecule has 0 spiro atoms. The van der Waals surface area contributed by atoms with Gasteiger partial charge in [-0.1, -0.05) is 5.11 Å². The number of piperidine rings is 1. The number of nitrogens with one attached hydrogen (secondary N) is 1. The summed E-state index contributed by atoms with van der Waals surface area (Å²) in [4.78, 5) is 65.2. The number of carboxylic acids is 1. The van der Waals surface area contributed by atoms with Crippen LogP contribution < -0.4 is 10.2 Å². The molecule has 0 aromatic heterocycles. The summed E-state index contributed by atoms with van der Waals surface area (Å²) in [5.41, 5.74) is 9.15. The second kappa shape index (κ2) is 8.62. The lowest BCUT2D eigenvalue weighted by atomic mass is 10.0. The van der Waals surface area contributed by atoms with Crippen LogP contribution in [0.4, 0.5) is 5.69 Å². The van der Waals surface area contributed by atoms with Crippen molar-refractivity contribution >= 4 is 35.3 Å². The van der Waals surface area contributed by atoms with Gasteiger partial charge in [-0.25, -0.2) is 0 Å². The van der Waals surface area contributed by atoms with Crippen molar-refractivity contribution in [3.05, 3.63) is 39.8 Å². The summed E-state index contributed by atoms with van der Waals surface area (Å²) in [6.45, 7) is 0.408. The average molecular weight is 414 g/mol. The van der Waals surface area contributed by atoms with Gasteiger partial charge < -0.3 is 10.0 Å². The number of imide groups is 2. The van der Waals surface area contributed by atoms with E-state index in [0.29, 0.717) is 5.69 Å². The summed E-state index contributed by atoms with van der Waals surface area (Å²) in [5.74, 6) is -3.44. The zero-order chi connectivity index (χ0) is 21.8. The maximum Gasteiger partial charge on any atom is 0.305 e. The van der Waals surface area contributed by atoms with Gasteiger partial charge in [-0.2, -0.15) is 0 Å². The molecule has 1 aromatic carbocycles. The Balaban J connectivity index is 1.87. The third-order valence-corrected chi connectivity index (χ3v) is 4.92. The highest BCUT2D eigenvalue weighted by atomic mass is 16.4. The fourth-order valence-electron chi connectivity index (χ4n) is 3.47. The number of azide groups is 1. The van der Waals surface area contributed by atoms with Crippen molar-refractivity contribution in [2.75, 3.05) is 24.5 Å². The molecule has 0 radical (unpaired) electrons. The summed E-state index contributed by atoms with van der Waals surface area (Å²) in [7, 11) is 0. The van der Waals surface area contributed by atoms with E-state index in [4.69, 9.17) is 10.6 Å². The van der Waals surface area contributed by atoms with Crippen LogP contribution in [-0.4, -0.2) is 65.3 Å². The van der Waals surface area contributed by atoms with Gasteiger partial charge in [-0.05, 0) is 30.2 Å². The summed E-state index contributed by atoms with van der Waals surface area (Å²) in [5, 5.41) is 14.5. The van der Waals surface area contributed by atoms with E-state index in [-0.39, 0.29) is 50.0 Å². The van der Waals surface area contributed by atoms with E-state index in [1.165, 1.54) is 12.1 Å². The van der Waals surface area contributed by atoms with Crippen LogP contribution in [0.1, 0.15) is 40.0 Å². The predicted octanol–water partition coefficient (Wildman–Crippen LogP) is 0.679. The Morgan fingerprint density at radius 3 is 2.63 bits per heavy atom. The first kappa shape index (κ1) is 20.8. The molecule has 1 unspecified atom stereocenters. The minimum atomic E-state index is -1.06. The van der Waals surface area contributed by atoms with Crippen LogP contribution in [0.5, 0.6) is 0 Å². The Morgan fingerprint density at radius 1 is 1.23 bits per heavy atom. The Morgan fingerprint density at radius 2 is 1.97 bits per heavy atom. The number of anilines is 1. The molecule has 12 nitrogen and oxygen atoms in total. The number of aliphatic carboxylic acids is 1. The first-order chi connectivity index (χ1) is 14.3. The third kappa shape index (κ3) is 4.08. The molecule has 4 amide bonds. The first-order valence-electron chi connectivity index (χ1n) is 9.16. The Hall–Kier alpha value is -3.92. The van der Waals surface area contributed by atoms with Gasteiger partial charge in [0.1, 0.15) is 6.04 Å². The summed E-state index contributed by atoms with van der Waals surface area (Å²) in [6.07, 6.45) is -0.0973. The van der Waals surface area contributed by atoms with E-state index in [2.05, 4.69) is 15.3 Å². The van der Waals surface area contributed by atoms with Crippen LogP contribution in [0.3, 0.4) is 0 Å². The molecule has 0 saturated carbocycles. The molecule has 30 heavy (non-hydrogen) atoms. The molecule has 2 aliphatic heterocycles. The molecule has 0 bridgehead atoms. The summed E-state index contributed by atoms with van der Waals surface area (Å²) >= 11 is 0. The third-order valence-electron chi connectivity index (χ3n) is 4.92. The highest BCUT2D eigenvalue weighted by molar-refractivity contribution is 6.23. The maximum atomic E-state index is 12.9. The average Bonchev–Trinajstić information content (AvgIpc) is 2.95. The molecule has 1 fully saturated rings. The van der Waals surface area contributed by atoms with Gasteiger partial charge in [-0.3, -0.25) is 34.2 Å². The number of fused-ring (bicyclic) bond motifs is 1. The topological polar surface area (TPSA) is 173 Å². The highest BCUT2D eigenvalue weighted by Gasteiger charge is 2.44. The Bertz CT molecular complexity index is 979. The molecule has 1 aromatic rings. The quantitative estimate of drug-likeness (QED) is 0.272. The molecular formula is C18H18N6O6. The predicted molar refractivity (Wildman–Crippen MR) is 102 cm³/mol. The normalized spacial score (nSPS) is 18.0. The van der Waals surface area contributed by atoms with Crippen LogP contribution in [0, 0.1) is 0 Å². The van der Waals surface area contributed by atoms with Crippen LogP contribution >= 0.6 is 0 Å². The van der Waals surface area contributed by atoms with Crippen LogP contribution in [-0.2, 0) is 14.4 Å². The minimum absolute atomic E-state index is 0.0252. The molecule has 2 N–H and O–H groups in total. The lowest BCUT2D eigenvalue weighted by Crippen LogP contribution is -2.54.